The normalized spacial score (nSPS) is 13.1. The summed E-state index contributed by atoms with van der Waals surface area (Å²) in [5.74, 6) is 0. The molecule has 0 saturated heterocycles. The third kappa shape index (κ3) is 4.72. The minimum absolute atomic E-state index is 0.449. The lowest BCUT2D eigenvalue weighted by Gasteiger charge is -2.32. The van der Waals surface area contributed by atoms with Crippen LogP contribution in [0.5, 0.6) is 0 Å². The van der Waals surface area contributed by atoms with E-state index in [4.69, 9.17) is 4.42 Å². The predicted molar refractivity (Wildman–Crippen MR) is 244 cm³/mol. The monoisotopic (exact) mass is 739 g/mol. The van der Waals surface area contributed by atoms with Crippen LogP contribution in [-0.2, 0) is 5.41 Å². The molecule has 0 saturated carbocycles. The molecular formula is C56H37NO. The van der Waals surface area contributed by atoms with E-state index in [-0.39, 0.29) is 0 Å². The first-order valence-electron chi connectivity index (χ1n) is 20.1. The van der Waals surface area contributed by atoms with Gasteiger partial charge in [0.1, 0.15) is 11.2 Å². The molecule has 0 N–H and O–H groups in total. The van der Waals surface area contributed by atoms with Crippen molar-refractivity contribution in [2.45, 2.75) is 12.3 Å². The number of hydrogen-bond acceptors (Lipinski definition) is 2. The Morgan fingerprint density at radius 3 is 1.50 bits per heavy atom. The van der Waals surface area contributed by atoms with Gasteiger partial charge in [0.2, 0.25) is 0 Å². The summed E-state index contributed by atoms with van der Waals surface area (Å²) >= 11 is 0. The molecule has 0 fully saturated rings. The first-order chi connectivity index (χ1) is 28.6. The Bertz CT molecular complexity index is 3330. The van der Waals surface area contributed by atoms with Crippen molar-refractivity contribution in [1.29, 1.82) is 0 Å². The number of nitrogens with zero attached hydrogens (tertiary/aromatic N) is 1. The molecule has 1 aliphatic rings. The minimum atomic E-state index is -0.449. The maximum Gasteiger partial charge on any atom is 0.137 e. The SMILES string of the molecule is CC1(c2cc(N(c3ccc(-c4ccccc4)cc3)c3ccc4c5ccccc5c5ccccc5c4c3)cc3oc4ccccc4c23)c2ccccc2-c2ccccc21. The van der Waals surface area contributed by atoms with Crippen LogP contribution >= 0.6 is 0 Å². The Balaban J connectivity index is 1.16. The molecule has 272 valence electrons. The Morgan fingerprint density at radius 1 is 0.345 bits per heavy atom. The van der Waals surface area contributed by atoms with E-state index in [0.29, 0.717) is 0 Å². The maximum atomic E-state index is 6.86. The summed E-state index contributed by atoms with van der Waals surface area (Å²) in [6.07, 6.45) is 0. The first kappa shape index (κ1) is 32.8. The molecule has 12 rings (SSSR count). The van der Waals surface area contributed by atoms with E-state index < -0.39 is 5.41 Å². The maximum absolute atomic E-state index is 6.86. The van der Waals surface area contributed by atoms with Gasteiger partial charge in [-0.2, -0.15) is 0 Å². The molecule has 0 bridgehead atoms. The summed E-state index contributed by atoms with van der Waals surface area (Å²) in [6.45, 7) is 2.41. The number of benzene rings is 10. The molecule has 58 heavy (non-hydrogen) atoms. The van der Waals surface area contributed by atoms with Gasteiger partial charge in [-0.1, -0.05) is 164 Å². The molecule has 1 heterocycles. The summed E-state index contributed by atoms with van der Waals surface area (Å²) in [7, 11) is 0. The highest BCUT2D eigenvalue weighted by molar-refractivity contribution is 6.26. The fourth-order valence-electron chi connectivity index (χ4n) is 10.0. The van der Waals surface area contributed by atoms with Crippen LogP contribution in [0.25, 0.3) is 76.5 Å². The Hall–Kier alpha value is -7.42. The van der Waals surface area contributed by atoms with E-state index in [1.807, 2.05) is 0 Å². The Kier molecular flexibility index (Phi) is 7.09. The summed E-state index contributed by atoms with van der Waals surface area (Å²) in [6, 6.07) is 75.3. The lowest BCUT2D eigenvalue weighted by atomic mass is 9.72. The minimum Gasteiger partial charge on any atom is -0.456 e. The van der Waals surface area contributed by atoms with E-state index in [2.05, 4.69) is 218 Å². The van der Waals surface area contributed by atoms with E-state index in [9.17, 15) is 0 Å². The molecule has 0 spiro atoms. The molecule has 0 atom stereocenters. The lowest BCUT2D eigenvalue weighted by molar-refractivity contribution is 0.666. The number of rotatable bonds is 5. The molecule has 0 amide bonds. The van der Waals surface area contributed by atoms with E-state index in [1.165, 1.54) is 71.3 Å². The second-order valence-corrected chi connectivity index (χ2v) is 15.8. The average molecular weight is 740 g/mol. The van der Waals surface area contributed by atoms with Gasteiger partial charge in [-0.05, 0) is 115 Å². The molecule has 10 aromatic carbocycles. The highest BCUT2D eigenvalue weighted by atomic mass is 16.3. The summed E-state index contributed by atoms with van der Waals surface area (Å²) in [4.78, 5) is 2.42. The standard InChI is InChI=1S/C56H37NO/c1-56(50-24-12-9-21-46(50)47-22-10-13-25-51(47)56)52-34-40(35-54-55(52)48-23-11-14-26-53(48)58-54)57(38-29-27-37(28-30-38)36-15-3-2-4-16-36)39-31-32-45-43-19-6-5-17-41(43)42-18-7-8-20-44(42)49(45)33-39/h2-35H,1H3. The van der Waals surface area contributed by atoms with Gasteiger partial charge in [0.15, 0.2) is 0 Å². The summed E-state index contributed by atoms with van der Waals surface area (Å²) < 4.78 is 6.86. The number of furan rings is 1. The average Bonchev–Trinajstić information content (AvgIpc) is 3.80. The third-order valence-electron chi connectivity index (χ3n) is 12.7. The zero-order chi connectivity index (χ0) is 38.4. The van der Waals surface area contributed by atoms with Gasteiger partial charge < -0.3 is 9.32 Å². The fourth-order valence-corrected chi connectivity index (χ4v) is 10.0. The molecule has 0 aliphatic heterocycles. The predicted octanol–water partition coefficient (Wildman–Crippen LogP) is 15.5. The zero-order valence-electron chi connectivity index (χ0n) is 32.0. The number of anilines is 3. The van der Waals surface area contributed by atoms with Gasteiger partial charge in [-0.15, -0.1) is 0 Å². The molecular weight excluding hydrogens is 703 g/mol. The van der Waals surface area contributed by atoms with Crippen molar-refractivity contribution >= 4 is 71.3 Å². The molecule has 1 aliphatic carbocycles. The van der Waals surface area contributed by atoms with Crippen molar-refractivity contribution in [3.8, 4) is 22.3 Å². The van der Waals surface area contributed by atoms with Crippen LogP contribution in [0.2, 0.25) is 0 Å². The zero-order valence-corrected chi connectivity index (χ0v) is 32.0. The van der Waals surface area contributed by atoms with Crippen molar-refractivity contribution in [2.24, 2.45) is 0 Å². The van der Waals surface area contributed by atoms with Gasteiger partial charge in [0, 0.05) is 33.6 Å². The van der Waals surface area contributed by atoms with Gasteiger partial charge in [-0.25, -0.2) is 0 Å². The molecule has 11 aromatic rings. The van der Waals surface area contributed by atoms with Gasteiger partial charge >= 0.3 is 0 Å². The van der Waals surface area contributed by atoms with Crippen LogP contribution in [0.15, 0.2) is 211 Å². The second-order valence-electron chi connectivity index (χ2n) is 15.8. The van der Waals surface area contributed by atoms with Crippen molar-refractivity contribution in [3.05, 3.63) is 223 Å². The van der Waals surface area contributed by atoms with Crippen LogP contribution in [0.3, 0.4) is 0 Å². The van der Waals surface area contributed by atoms with Crippen LogP contribution < -0.4 is 4.90 Å². The van der Waals surface area contributed by atoms with E-state index >= 15 is 0 Å². The summed E-state index contributed by atoms with van der Waals surface area (Å²) in [5, 5.41) is 9.81. The first-order valence-corrected chi connectivity index (χ1v) is 20.1. The van der Waals surface area contributed by atoms with Crippen LogP contribution in [0, 0.1) is 0 Å². The largest absolute Gasteiger partial charge is 0.456 e. The third-order valence-corrected chi connectivity index (χ3v) is 12.7. The van der Waals surface area contributed by atoms with Crippen molar-refractivity contribution in [1.82, 2.24) is 0 Å². The molecule has 2 heteroatoms. The van der Waals surface area contributed by atoms with Crippen LogP contribution in [0.4, 0.5) is 17.1 Å². The summed E-state index contributed by atoms with van der Waals surface area (Å²) in [5.41, 5.74) is 13.3. The number of para-hydroxylation sites is 1. The highest BCUT2D eigenvalue weighted by Crippen LogP contribution is 2.56. The van der Waals surface area contributed by atoms with Gasteiger partial charge in [0.05, 0.1) is 5.69 Å². The van der Waals surface area contributed by atoms with Crippen molar-refractivity contribution in [2.75, 3.05) is 4.90 Å². The van der Waals surface area contributed by atoms with E-state index in [0.717, 1.165) is 39.0 Å². The van der Waals surface area contributed by atoms with Gasteiger partial charge in [0.25, 0.3) is 0 Å². The molecule has 1 aromatic heterocycles. The molecule has 0 unspecified atom stereocenters. The number of hydrogen-bond donors (Lipinski definition) is 0. The van der Waals surface area contributed by atoms with Crippen molar-refractivity contribution in [3.63, 3.8) is 0 Å². The topological polar surface area (TPSA) is 16.4 Å². The van der Waals surface area contributed by atoms with Crippen LogP contribution in [-0.4, -0.2) is 0 Å². The smallest absolute Gasteiger partial charge is 0.137 e. The lowest BCUT2D eigenvalue weighted by Crippen LogP contribution is -2.23. The molecule has 0 radical (unpaired) electrons. The van der Waals surface area contributed by atoms with E-state index in [1.54, 1.807) is 0 Å². The van der Waals surface area contributed by atoms with Crippen LogP contribution in [0.1, 0.15) is 23.6 Å². The fraction of sp³-hybridized carbons (Fsp3) is 0.0357. The molecule has 2 nitrogen and oxygen atoms in total. The second kappa shape index (κ2) is 12.5. The highest BCUT2D eigenvalue weighted by Gasteiger charge is 2.42. The van der Waals surface area contributed by atoms with Crippen molar-refractivity contribution < 1.29 is 4.42 Å². The Morgan fingerprint density at radius 2 is 0.845 bits per heavy atom. The Labute approximate surface area is 336 Å². The number of fused-ring (bicyclic) bond motifs is 12. The van der Waals surface area contributed by atoms with Gasteiger partial charge in [-0.3, -0.25) is 0 Å². The quantitative estimate of drug-likeness (QED) is 0.163.